The SMILES string of the molecule is C[C@@H](NC(=O)CCCCBr)c1ccccc1F. The molecule has 0 aromatic heterocycles. The zero-order valence-electron chi connectivity index (χ0n) is 9.88. The lowest BCUT2D eigenvalue weighted by Gasteiger charge is -2.14. The van der Waals surface area contributed by atoms with Crippen LogP contribution in [0.3, 0.4) is 0 Å². The molecule has 1 atom stereocenters. The molecule has 0 saturated heterocycles. The van der Waals surface area contributed by atoms with Gasteiger partial charge in [0.2, 0.25) is 5.91 Å². The standard InChI is InChI=1S/C13H17BrFNO/c1-10(11-6-2-3-7-12(11)15)16-13(17)8-4-5-9-14/h2-3,6-7,10H,4-5,8-9H2,1H3,(H,16,17)/t10-/m1/s1. The molecule has 0 aliphatic rings. The summed E-state index contributed by atoms with van der Waals surface area (Å²) in [5, 5.41) is 3.71. The number of alkyl halides is 1. The Balaban J connectivity index is 2.46. The largest absolute Gasteiger partial charge is 0.349 e. The normalized spacial score (nSPS) is 12.2. The van der Waals surface area contributed by atoms with Gasteiger partial charge >= 0.3 is 0 Å². The number of hydrogen-bond acceptors (Lipinski definition) is 1. The summed E-state index contributed by atoms with van der Waals surface area (Å²) in [6, 6.07) is 6.23. The van der Waals surface area contributed by atoms with E-state index in [2.05, 4.69) is 21.2 Å². The van der Waals surface area contributed by atoms with Crippen molar-refractivity contribution >= 4 is 21.8 Å². The average Bonchev–Trinajstić information content (AvgIpc) is 2.29. The van der Waals surface area contributed by atoms with Crippen molar-refractivity contribution < 1.29 is 9.18 Å². The molecule has 0 radical (unpaired) electrons. The number of nitrogens with one attached hydrogen (secondary N) is 1. The Morgan fingerprint density at radius 2 is 2.12 bits per heavy atom. The molecule has 0 aliphatic carbocycles. The van der Waals surface area contributed by atoms with E-state index in [-0.39, 0.29) is 17.8 Å². The van der Waals surface area contributed by atoms with Gasteiger partial charge in [-0.2, -0.15) is 0 Å². The van der Waals surface area contributed by atoms with Crippen LogP contribution < -0.4 is 5.32 Å². The first-order valence-corrected chi connectivity index (χ1v) is 6.87. The van der Waals surface area contributed by atoms with E-state index in [1.165, 1.54) is 6.07 Å². The summed E-state index contributed by atoms with van der Waals surface area (Å²) in [6.07, 6.45) is 2.31. The fourth-order valence-electron chi connectivity index (χ4n) is 1.60. The van der Waals surface area contributed by atoms with E-state index in [1.807, 2.05) is 0 Å². The topological polar surface area (TPSA) is 29.1 Å². The van der Waals surface area contributed by atoms with Gasteiger partial charge < -0.3 is 5.32 Å². The lowest BCUT2D eigenvalue weighted by Crippen LogP contribution is -2.26. The predicted octanol–water partition coefficient (Wildman–Crippen LogP) is 3.57. The monoisotopic (exact) mass is 301 g/mol. The molecule has 4 heteroatoms. The Morgan fingerprint density at radius 1 is 1.41 bits per heavy atom. The van der Waals surface area contributed by atoms with Crippen LogP contribution in [-0.4, -0.2) is 11.2 Å². The lowest BCUT2D eigenvalue weighted by atomic mass is 10.1. The minimum atomic E-state index is -0.285. The molecule has 0 spiro atoms. The molecule has 17 heavy (non-hydrogen) atoms. The first-order chi connectivity index (χ1) is 8.15. The molecule has 0 heterocycles. The third kappa shape index (κ3) is 4.86. The van der Waals surface area contributed by atoms with E-state index in [1.54, 1.807) is 25.1 Å². The van der Waals surface area contributed by atoms with Crippen LogP contribution >= 0.6 is 15.9 Å². The van der Waals surface area contributed by atoms with Crippen LogP contribution in [0, 0.1) is 5.82 Å². The highest BCUT2D eigenvalue weighted by Gasteiger charge is 2.12. The van der Waals surface area contributed by atoms with Crippen LogP contribution in [0.4, 0.5) is 4.39 Å². The van der Waals surface area contributed by atoms with Crippen molar-refractivity contribution in [2.75, 3.05) is 5.33 Å². The van der Waals surface area contributed by atoms with Gasteiger partial charge in [0.1, 0.15) is 5.82 Å². The van der Waals surface area contributed by atoms with Crippen LogP contribution in [0.2, 0.25) is 0 Å². The molecule has 0 fully saturated rings. The quantitative estimate of drug-likeness (QED) is 0.632. The second-order valence-corrected chi connectivity index (χ2v) is 4.75. The molecule has 2 nitrogen and oxygen atoms in total. The number of amides is 1. The molecule has 1 aromatic carbocycles. The summed E-state index contributed by atoms with van der Waals surface area (Å²) in [7, 11) is 0. The number of carbonyl (C=O) groups excluding carboxylic acids is 1. The summed E-state index contributed by atoms with van der Waals surface area (Å²) >= 11 is 3.32. The molecule has 0 aliphatic heterocycles. The molecule has 1 amide bonds. The fraction of sp³-hybridized carbons (Fsp3) is 0.462. The van der Waals surface area contributed by atoms with Gasteiger partial charge in [-0.25, -0.2) is 4.39 Å². The van der Waals surface area contributed by atoms with Crippen molar-refractivity contribution in [3.05, 3.63) is 35.6 Å². The van der Waals surface area contributed by atoms with E-state index >= 15 is 0 Å². The van der Waals surface area contributed by atoms with Crippen molar-refractivity contribution in [3.63, 3.8) is 0 Å². The molecule has 1 aromatic rings. The zero-order chi connectivity index (χ0) is 12.7. The second kappa shape index (κ2) is 7.43. The molecule has 0 saturated carbocycles. The Hall–Kier alpha value is -0.900. The van der Waals surface area contributed by atoms with Crippen molar-refractivity contribution in [2.24, 2.45) is 0 Å². The highest BCUT2D eigenvalue weighted by atomic mass is 79.9. The molecule has 1 rings (SSSR count). The third-order valence-electron chi connectivity index (χ3n) is 2.54. The Kier molecular flexibility index (Phi) is 6.19. The third-order valence-corrected chi connectivity index (χ3v) is 3.10. The van der Waals surface area contributed by atoms with Crippen LogP contribution in [0.15, 0.2) is 24.3 Å². The summed E-state index contributed by atoms with van der Waals surface area (Å²) in [4.78, 5) is 11.6. The van der Waals surface area contributed by atoms with E-state index in [0.717, 1.165) is 18.2 Å². The number of halogens is 2. The highest BCUT2D eigenvalue weighted by molar-refractivity contribution is 9.09. The molecular formula is C13H17BrFNO. The second-order valence-electron chi connectivity index (χ2n) is 3.96. The number of benzene rings is 1. The van der Waals surface area contributed by atoms with Gasteiger partial charge in [0.25, 0.3) is 0 Å². The summed E-state index contributed by atoms with van der Waals surface area (Å²) in [5.41, 5.74) is 0.529. The summed E-state index contributed by atoms with van der Waals surface area (Å²) in [5.74, 6) is -0.303. The van der Waals surface area contributed by atoms with Gasteiger partial charge in [-0.3, -0.25) is 4.79 Å². The lowest BCUT2D eigenvalue weighted by molar-refractivity contribution is -0.121. The molecule has 94 valence electrons. The van der Waals surface area contributed by atoms with Crippen LogP contribution in [0.1, 0.15) is 37.8 Å². The zero-order valence-corrected chi connectivity index (χ0v) is 11.5. The Morgan fingerprint density at radius 3 is 2.76 bits per heavy atom. The van der Waals surface area contributed by atoms with Gasteiger partial charge in [0.05, 0.1) is 6.04 Å². The number of unbranched alkanes of at least 4 members (excludes halogenated alkanes) is 1. The summed E-state index contributed by atoms with van der Waals surface area (Å²) in [6.45, 7) is 1.79. The predicted molar refractivity (Wildman–Crippen MR) is 70.6 cm³/mol. The minimum absolute atomic E-state index is 0.0262. The van der Waals surface area contributed by atoms with E-state index in [4.69, 9.17) is 0 Å². The first-order valence-electron chi connectivity index (χ1n) is 5.75. The van der Waals surface area contributed by atoms with E-state index in [0.29, 0.717) is 12.0 Å². The smallest absolute Gasteiger partial charge is 0.220 e. The Bertz CT molecular complexity index is 370. The maximum atomic E-state index is 13.4. The molecule has 1 N–H and O–H groups in total. The van der Waals surface area contributed by atoms with Gasteiger partial charge in [0.15, 0.2) is 0 Å². The van der Waals surface area contributed by atoms with Gasteiger partial charge in [-0.05, 0) is 25.8 Å². The van der Waals surface area contributed by atoms with Crippen molar-refractivity contribution in [2.45, 2.75) is 32.2 Å². The average molecular weight is 302 g/mol. The maximum Gasteiger partial charge on any atom is 0.220 e. The van der Waals surface area contributed by atoms with Crippen LogP contribution in [0.25, 0.3) is 0 Å². The van der Waals surface area contributed by atoms with Crippen molar-refractivity contribution in [1.82, 2.24) is 5.32 Å². The van der Waals surface area contributed by atoms with Crippen LogP contribution in [0.5, 0.6) is 0 Å². The van der Waals surface area contributed by atoms with Crippen molar-refractivity contribution in [3.8, 4) is 0 Å². The summed E-state index contributed by atoms with van der Waals surface area (Å²) < 4.78 is 13.4. The number of hydrogen-bond donors (Lipinski definition) is 1. The first kappa shape index (κ1) is 14.2. The van der Waals surface area contributed by atoms with E-state index < -0.39 is 0 Å². The van der Waals surface area contributed by atoms with E-state index in [9.17, 15) is 9.18 Å². The maximum absolute atomic E-state index is 13.4. The molecular weight excluding hydrogens is 285 g/mol. The van der Waals surface area contributed by atoms with Gasteiger partial charge in [-0.1, -0.05) is 34.1 Å². The number of carbonyl (C=O) groups is 1. The van der Waals surface area contributed by atoms with Gasteiger partial charge in [0, 0.05) is 17.3 Å². The molecule has 0 bridgehead atoms. The van der Waals surface area contributed by atoms with Crippen LogP contribution in [-0.2, 0) is 4.79 Å². The highest BCUT2D eigenvalue weighted by Crippen LogP contribution is 2.16. The van der Waals surface area contributed by atoms with Crippen molar-refractivity contribution in [1.29, 1.82) is 0 Å². The number of rotatable bonds is 6. The Labute approximate surface area is 110 Å². The minimum Gasteiger partial charge on any atom is -0.349 e. The fourth-order valence-corrected chi connectivity index (χ4v) is 1.99. The van der Waals surface area contributed by atoms with Gasteiger partial charge in [-0.15, -0.1) is 0 Å². The molecule has 0 unspecified atom stereocenters.